The molecule has 0 aromatic heterocycles. The van der Waals surface area contributed by atoms with Crippen LogP contribution < -0.4 is 70.8 Å². The highest BCUT2D eigenvalue weighted by molar-refractivity contribution is 6.00. The van der Waals surface area contributed by atoms with Crippen LogP contribution in [0.1, 0.15) is 121 Å². The van der Waals surface area contributed by atoms with Crippen molar-refractivity contribution < 1.29 is 78.0 Å². The number of primary amides is 1. The van der Waals surface area contributed by atoms with Gasteiger partial charge < -0.3 is 91.2 Å². The molecule has 0 bridgehead atoms. The van der Waals surface area contributed by atoms with Crippen LogP contribution >= 0.6 is 0 Å². The smallest absolute Gasteiger partial charge is 0.326 e. The van der Waals surface area contributed by atoms with Crippen LogP contribution in [0.2, 0.25) is 0 Å². The molecule has 0 saturated heterocycles. The lowest BCUT2D eigenvalue weighted by Crippen LogP contribution is -2.62. The van der Waals surface area contributed by atoms with Crippen molar-refractivity contribution in [1.82, 2.24) is 47.9 Å². The van der Waals surface area contributed by atoms with Crippen LogP contribution in [0.5, 0.6) is 0 Å². The second-order valence-corrected chi connectivity index (χ2v) is 20.9. The number of carboxylic acid groups (broad SMARTS) is 2. The first kappa shape index (κ1) is 71.8. The fourth-order valence-electron chi connectivity index (χ4n) is 7.58. The average molecular weight is 1130 g/mol. The van der Waals surface area contributed by atoms with Gasteiger partial charge in [-0.05, 0) is 61.7 Å². The molecule has 0 spiro atoms. The Labute approximate surface area is 460 Å². The van der Waals surface area contributed by atoms with Gasteiger partial charge in [-0.2, -0.15) is 0 Å². The molecule has 0 heterocycles. The van der Waals surface area contributed by atoms with Gasteiger partial charge in [0.25, 0.3) is 0 Å². The second-order valence-electron chi connectivity index (χ2n) is 20.9. The molecule has 0 aliphatic rings. The van der Waals surface area contributed by atoms with Crippen molar-refractivity contribution in [2.24, 2.45) is 57.5 Å². The number of hydrogen-bond donors (Lipinski definition) is 17. The Morgan fingerprint density at radius 2 is 0.835 bits per heavy atom. The van der Waals surface area contributed by atoms with E-state index in [2.05, 4.69) is 52.8 Å². The minimum absolute atomic E-state index is 0.0234. The van der Waals surface area contributed by atoms with Crippen molar-refractivity contribution in [2.75, 3.05) is 19.8 Å². The van der Waals surface area contributed by atoms with Crippen LogP contribution in [0.4, 0.5) is 0 Å². The summed E-state index contributed by atoms with van der Waals surface area (Å²) in [5, 5.41) is 60.7. The maximum Gasteiger partial charge on any atom is 0.326 e. The van der Waals surface area contributed by atoms with Gasteiger partial charge in [-0.3, -0.25) is 57.7 Å². The first-order valence-corrected chi connectivity index (χ1v) is 26.2. The van der Waals surface area contributed by atoms with E-state index in [4.69, 9.17) is 22.9 Å². The molecule has 30 nitrogen and oxygen atoms in total. The van der Waals surface area contributed by atoms with Gasteiger partial charge in [0.1, 0.15) is 60.4 Å². The van der Waals surface area contributed by atoms with Crippen molar-refractivity contribution in [2.45, 2.75) is 181 Å². The number of aliphatic imine (C=N–C) groups is 1. The molecule has 0 saturated carbocycles. The van der Waals surface area contributed by atoms with E-state index in [9.17, 15) is 78.0 Å². The highest BCUT2D eigenvalue weighted by Crippen LogP contribution is 2.14. The van der Waals surface area contributed by atoms with Crippen LogP contribution in [-0.2, 0) is 57.5 Å². The first-order valence-electron chi connectivity index (χ1n) is 26.2. The Kier molecular flexibility index (Phi) is 32.8. The molecule has 0 aliphatic heterocycles. The summed E-state index contributed by atoms with van der Waals surface area (Å²) in [4.78, 5) is 163. The Hall–Kier alpha value is -7.21. The predicted molar refractivity (Wildman–Crippen MR) is 286 cm³/mol. The highest BCUT2D eigenvalue weighted by Gasteiger charge is 2.38. The minimum Gasteiger partial charge on any atom is -0.481 e. The number of carbonyl (C=O) groups excluding carboxylic acids is 10. The molecule has 0 aromatic carbocycles. The summed E-state index contributed by atoms with van der Waals surface area (Å²) in [5.74, 6) is -15.5. The maximum absolute atomic E-state index is 14.2. The van der Waals surface area contributed by atoms with E-state index in [1.807, 2.05) is 0 Å². The van der Waals surface area contributed by atoms with Gasteiger partial charge in [-0.25, -0.2) is 4.79 Å². The number of carbonyl (C=O) groups is 12. The molecule has 10 amide bonds. The molecule has 30 heteroatoms. The number of rotatable bonds is 38. The zero-order valence-electron chi connectivity index (χ0n) is 46.9. The number of amides is 10. The van der Waals surface area contributed by atoms with Crippen LogP contribution in [0.3, 0.4) is 0 Å². The fraction of sp³-hybridized carbons (Fsp3) is 0.735. The number of aliphatic carboxylic acids is 2. The Balaban J connectivity index is 6.73. The summed E-state index contributed by atoms with van der Waals surface area (Å²) < 4.78 is 0. The number of nitrogens with one attached hydrogen (secondary N) is 9. The van der Waals surface area contributed by atoms with Gasteiger partial charge in [0.05, 0.1) is 26.1 Å². The van der Waals surface area contributed by atoms with E-state index in [-0.39, 0.29) is 68.8 Å². The van der Waals surface area contributed by atoms with Gasteiger partial charge in [0.2, 0.25) is 59.1 Å². The zero-order chi connectivity index (χ0) is 61.0. The molecule has 21 N–H and O–H groups in total. The average Bonchev–Trinajstić information content (AvgIpc) is 3.34. The van der Waals surface area contributed by atoms with Crippen molar-refractivity contribution in [3.8, 4) is 0 Å². The molecular formula is C49H88N14O16. The largest absolute Gasteiger partial charge is 0.481 e. The molecular weight excluding hydrogens is 1040 g/mol. The van der Waals surface area contributed by atoms with Crippen LogP contribution in [-0.4, -0.2) is 178 Å². The number of hydrogen-bond acceptors (Lipinski definition) is 16. The van der Waals surface area contributed by atoms with Gasteiger partial charge >= 0.3 is 11.9 Å². The van der Waals surface area contributed by atoms with E-state index in [1.54, 1.807) is 62.3 Å². The molecule has 0 rings (SSSR count). The lowest BCUT2D eigenvalue weighted by molar-refractivity contribution is -0.143. The lowest BCUT2D eigenvalue weighted by Gasteiger charge is -2.30. The topological polar surface area (TPSA) is 510 Å². The van der Waals surface area contributed by atoms with Crippen molar-refractivity contribution in [3.05, 3.63) is 0 Å². The zero-order valence-corrected chi connectivity index (χ0v) is 46.9. The number of nitrogens with zero attached hydrogens (tertiary/aromatic N) is 1. The highest BCUT2D eigenvalue weighted by atomic mass is 16.4. The lowest BCUT2D eigenvalue weighted by atomic mass is 9.96. The van der Waals surface area contributed by atoms with Crippen LogP contribution in [0, 0.1) is 29.6 Å². The van der Waals surface area contributed by atoms with Crippen molar-refractivity contribution in [1.29, 1.82) is 0 Å². The summed E-state index contributed by atoms with van der Waals surface area (Å²) in [5.41, 5.74) is 21.8. The minimum atomic E-state index is -1.98. The third kappa shape index (κ3) is 27.8. The molecule has 0 aromatic rings. The summed E-state index contributed by atoms with van der Waals surface area (Å²) in [7, 11) is 0. The van der Waals surface area contributed by atoms with E-state index < -0.39 is 169 Å². The number of aliphatic hydroxyl groups excluding tert-OH is 2. The standard InChI is InChI=1S/C49H88N14O16/c1-11-26(10)38(47(77)59-30(16-23(4)5)42(72)61-34(21-65)45(75)55-28(13-12-14-54-49(52)53)40(70)60-33(48(78)79)17-24(6)7)63-44(74)32(19-36(67)68)57-43(73)31(18-35(51)66)56-41(71)29(15-22(2)3)58-46(76)37(25(8)9)62-39(69)27(50)20-64/h22-34,37-38,64-65H,11-21,50H2,1-10H3,(H2,51,66)(H,55,75)(H,56,71)(H,57,73)(H,58,76)(H,59,77)(H,60,70)(H,61,72)(H,62,69)(H,63,74)(H,67,68)(H,78,79)(H4,52,53,54)/t26-,27-,28-,29-,30-,31-,32-,33-,34-,37-,38-/m0/s1. The van der Waals surface area contributed by atoms with E-state index >= 15 is 0 Å². The number of carboxylic acids is 2. The number of guanidine groups is 1. The third-order valence-electron chi connectivity index (χ3n) is 12.0. The van der Waals surface area contributed by atoms with Crippen molar-refractivity contribution in [3.63, 3.8) is 0 Å². The van der Waals surface area contributed by atoms with Crippen molar-refractivity contribution >= 4 is 77.0 Å². The molecule has 0 unspecified atom stereocenters. The summed E-state index contributed by atoms with van der Waals surface area (Å²) >= 11 is 0. The third-order valence-corrected chi connectivity index (χ3v) is 12.0. The monoisotopic (exact) mass is 1130 g/mol. The fourth-order valence-corrected chi connectivity index (χ4v) is 7.58. The SMILES string of the molecule is CC[C@H](C)[C@H](NC(=O)[C@H](CC(=O)O)NC(=O)[C@H](CC(N)=O)NC(=O)[C@H](CC(C)C)NC(=O)[C@@H](NC(=O)[C@@H](N)CO)C(C)C)C(=O)N[C@@H](CC(C)C)C(=O)N[C@@H](CO)C(=O)N[C@@H](CCCN=C(N)N)C(=O)N[C@@H](CC(C)C)C(=O)O. The van der Waals surface area contributed by atoms with Gasteiger partial charge in [0, 0.05) is 6.54 Å². The molecule has 450 valence electrons. The number of nitrogens with two attached hydrogens (primary N) is 4. The Bertz CT molecular complexity index is 2120. The second kappa shape index (κ2) is 36.1. The van der Waals surface area contributed by atoms with Gasteiger partial charge in [0.15, 0.2) is 5.96 Å². The van der Waals surface area contributed by atoms with Crippen LogP contribution in [0.15, 0.2) is 4.99 Å². The summed E-state index contributed by atoms with van der Waals surface area (Å²) in [6.07, 6.45) is -1.85. The molecule has 79 heavy (non-hydrogen) atoms. The Morgan fingerprint density at radius 3 is 1.25 bits per heavy atom. The first-order chi connectivity index (χ1) is 36.7. The molecule has 0 aliphatic carbocycles. The van der Waals surface area contributed by atoms with Gasteiger partial charge in [-0.1, -0.05) is 75.7 Å². The maximum atomic E-state index is 14.2. The van der Waals surface area contributed by atoms with E-state index in [0.29, 0.717) is 0 Å². The molecule has 0 radical (unpaired) electrons. The molecule has 0 fully saturated rings. The van der Waals surface area contributed by atoms with Gasteiger partial charge in [-0.15, -0.1) is 0 Å². The molecule has 11 atom stereocenters. The normalized spacial score (nSPS) is 15.5. The van der Waals surface area contributed by atoms with E-state index in [0.717, 1.165) is 0 Å². The van der Waals surface area contributed by atoms with E-state index in [1.165, 1.54) is 6.92 Å². The summed E-state index contributed by atoms with van der Waals surface area (Å²) in [6, 6.07) is -15.3. The Morgan fingerprint density at radius 1 is 0.456 bits per heavy atom. The summed E-state index contributed by atoms with van der Waals surface area (Å²) in [6.45, 7) is 14.9. The number of aliphatic hydroxyl groups is 2. The van der Waals surface area contributed by atoms with Crippen LogP contribution in [0.25, 0.3) is 0 Å². The predicted octanol–water partition coefficient (Wildman–Crippen LogP) is -5.01. The quantitative estimate of drug-likeness (QED) is 0.0156.